The van der Waals surface area contributed by atoms with Crippen molar-refractivity contribution in [2.24, 2.45) is 11.7 Å². The number of rotatable bonds is 7. The van der Waals surface area contributed by atoms with Gasteiger partial charge < -0.3 is 16.2 Å². The summed E-state index contributed by atoms with van der Waals surface area (Å²) in [6, 6.07) is -0.264. The first-order chi connectivity index (χ1) is 8.80. The number of likely N-dealkylation sites (N-methyl/N-ethyl adjacent to an activating group) is 1. The molecule has 1 amide bonds. The predicted molar refractivity (Wildman–Crippen MR) is 72.6 cm³/mol. The maximum atomic E-state index is 11.5. The number of amides is 1. The van der Waals surface area contributed by atoms with Gasteiger partial charge in [-0.1, -0.05) is 0 Å². The summed E-state index contributed by atoms with van der Waals surface area (Å²) in [6.07, 6.45) is 2.55. The highest BCUT2D eigenvalue weighted by atomic mass is 16.4. The summed E-state index contributed by atoms with van der Waals surface area (Å²) < 4.78 is 0. The van der Waals surface area contributed by atoms with Crippen LogP contribution in [-0.4, -0.2) is 41.7 Å². The fourth-order valence-corrected chi connectivity index (χ4v) is 3.00. The molecular weight excluding hydrogens is 246 g/mol. The normalized spacial score (nSPS) is 28.5. The van der Waals surface area contributed by atoms with Crippen LogP contribution in [0.3, 0.4) is 0 Å². The van der Waals surface area contributed by atoms with E-state index in [9.17, 15) is 14.7 Å². The van der Waals surface area contributed by atoms with Crippen LogP contribution < -0.4 is 16.4 Å². The van der Waals surface area contributed by atoms with Crippen LogP contribution in [0.2, 0.25) is 0 Å². The third-order valence-electron chi connectivity index (χ3n) is 3.85. The lowest BCUT2D eigenvalue weighted by molar-refractivity contribution is -0.145. The summed E-state index contributed by atoms with van der Waals surface area (Å²) in [4.78, 5) is 22.7. The molecule has 0 aromatic heterocycles. The van der Waals surface area contributed by atoms with Crippen molar-refractivity contribution in [1.82, 2.24) is 10.6 Å². The molecule has 0 radical (unpaired) electrons. The lowest BCUT2D eigenvalue weighted by atomic mass is 9.92. The van der Waals surface area contributed by atoms with Crippen molar-refractivity contribution in [3.63, 3.8) is 0 Å². The van der Waals surface area contributed by atoms with Crippen LogP contribution in [0, 0.1) is 5.92 Å². The molecule has 0 aliphatic heterocycles. The largest absolute Gasteiger partial charge is 0.480 e. The molecule has 0 spiro atoms. The Morgan fingerprint density at radius 3 is 2.53 bits per heavy atom. The second kappa shape index (κ2) is 6.34. The Balaban J connectivity index is 2.68. The van der Waals surface area contributed by atoms with Crippen LogP contribution in [-0.2, 0) is 9.59 Å². The summed E-state index contributed by atoms with van der Waals surface area (Å²) in [5, 5.41) is 15.5. The number of nitrogens with two attached hydrogens (primary N) is 1. The summed E-state index contributed by atoms with van der Waals surface area (Å²) in [5.74, 6) is -0.983. The minimum absolute atomic E-state index is 0.117. The Bertz CT molecular complexity index is 346. The molecule has 0 aromatic carbocycles. The Labute approximate surface area is 114 Å². The summed E-state index contributed by atoms with van der Waals surface area (Å²) in [5.41, 5.74) is 4.45. The third-order valence-corrected chi connectivity index (χ3v) is 3.85. The van der Waals surface area contributed by atoms with Crippen molar-refractivity contribution in [3.05, 3.63) is 0 Å². The second-order valence-corrected chi connectivity index (χ2v) is 5.77. The highest BCUT2D eigenvalue weighted by Crippen LogP contribution is 2.37. The van der Waals surface area contributed by atoms with Crippen molar-refractivity contribution >= 4 is 11.9 Å². The first-order valence-corrected chi connectivity index (χ1v) is 6.78. The van der Waals surface area contributed by atoms with Gasteiger partial charge in [0.2, 0.25) is 5.91 Å². The lowest BCUT2D eigenvalue weighted by Gasteiger charge is -2.29. The maximum absolute atomic E-state index is 11.5. The molecule has 1 fully saturated rings. The monoisotopic (exact) mass is 271 g/mol. The molecule has 3 atom stereocenters. The number of carbonyl (C=O) groups is 2. The average molecular weight is 271 g/mol. The van der Waals surface area contributed by atoms with Crippen molar-refractivity contribution in [1.29, 1.82) is 0 Å². The molecule has 6 nitrogen and oxygen atoms in total. The number of aliphatic carboxylic acids is 1. The molecule has 0 bridgehead atoms. The van der Waals surface area contributed by atoms with Crippen LogP contribution in [0.1, 0.15) is 39.5 Å². The summed E-state index contributed by atoms with van der Waals surface area (Å²) in [6.45, 7) is 3.88. The molecule has 0 heterocycles. The van der Waals surface area contributed by atoms with E-state index in [4.69, 9.17) is 5.73 Å². The fraction of sp³-hybridized carbons (Fsp3) is 0.846. The van der Waals surface area contributed by atoms with Crippen molar-refractivity contribution < 1.29 is 14.7 Å². The van der Waals surface area contributed by atoms with E-state index in [0.29, 0.717) is 19.3 Å². The average Bonchev–Trinajstić information content (AvgIpc) is 2.69. The van der Waals surface area contributed by atoms with E-state index in [1.165, 1.54) is 0 Å². The van der Waals surface area contributed by atoms with Gasteiger partial charge in [-0.05, 0) is 52.5 Å². The van der Waals surface area contributed by atoms with E-state index in [1.807, 2.05) is 13.8 Å². The Morgan fingerprint density at radius 1 is 1.47 bits per heavy atom. The summed E-state index contributed by atoms with van der Waals surface area (Å²) in [7, 11) is 1.70. The van der Waals surface area contributed by atoms with Crippen molar-refractivity contribution in [2.45, 2.75) is 57.2 Å². The molecule has 1 aliphatic carbocycles. The number of nitrogens with one attached hydrogen (secondary N) is 2. The molecule has 1 saturated carbocycles. The van der Waals surface area contributed by atoms with Crippen LogP contribution in [0.25, 0.3) is 0 Å². The van der Waals surface area contributed by atoms with E-state index in [1.54, 1.807) is 7.05 Å². The fourth-order valence-electron chi connectivity index (χ4n) is 3.00. The summed E-state index contributed by atoms with van der Waals surface area (Å²) >= 11 is 0. The number of carboxylic acids is 1. The van der Waals surface area contributed by atoms with E-state index < -0.39 is 11.5 Å². The van der Waals surface area contributed by atoms with Crippen molar-refractivity contribution in [2.75, 3.05) is 7.05 Å². The minimum Gasteiger partial charge on any atom is -0.480 e. The number of hydrogen-bond donors (Lipinski definition) is 4. The van der Waals surface area contributed by atoms with E-state index in [2.05, 4.69) is 10.6 Å². The van der Waals surface area contributed by atoms with Gasteiger partial charge in [-0.3, -0.25) is 14.9 Å². The van der Waals surface area contributed by atoms with Gasteiger partial charge in [-0.2, -0.15) is 0 Å². The first-order valence-electron chi connectivity index (χ1n) is 6.78. The number of hydrogen-bond acceptors (Lipinski definition) is 4. The van der Waals surface area contributed by atoms with E-state index in [-0.39, 0.29) is 23.9 Å². The minimum atomic E-state index is -0.852. The Hall–Kier alpha value is -1.14. The number of carbonyl (C=O) groups excluding carboxylic acids is 1. The van der Waals surface area contributed by atoms with E-state index >= 15 is 0 Å². The maximum Gasteiger partial charge on any atom is 0.323 e. The highest BCUT2D eigenvalue weighted by molar-refractivity contribution is 5.80. The van der Waals surface area contributed by atoms with Gasteiger partial charge >= 0.3 is 5.97 Å². The quantitative estimate of drug-likeness (QED) is 0.524. The van der Waals surface area contributed by atoms with Gasteiger partial charge in [0.1, 0.15) is 5.54 Å². The van der Waals surface area contributed by atoms with Crippen molar-refractivity contribution in [3.8, 4) is 0 Å². The molecule has 110 valence electrons. The number of primary amides is 1. The molecule has 1 aliphatic rings. The lowest BCUT2D eigenvalue weighted by Crippen LogP contribution is -2.53. The molecule has 1 rings (SSSR count). The van der Waals surface area contributed by atoms with Crippen LogP contribution in [0.5, 0.6) is 0 Å². The van der Waals surface area contributed by atoms with Gasteiger partial charge in [0.05, 0.1) is 6.04 Å². The molecular formula is C13H25N3O3. The zero-order valence-electron chi connectivity index (χ0n) is 11.9. The zero-order valence-corrected chi connectivity index (χ0v) is 11.9. The van der Waals surface area contributed by atoms with Gasteiger partial charge in [0.25, 0.3) is 0 Å². The molecule has 0 aromatic rings. The van der Waals surface area contributed by atoms with Crippen LogP contribution in [0.15, 0.2) is 0 Å². The molecule has 6 heteroatoms. The van der Waals surface area contributed by atoms with Gasteiger partial charge in [-0.15, -0.1) is 0 Å². The Morgan fingerprint density at radius 2 is 2.11 bits per heavy atom. The third kappa shape index (κ3) is 3.91. The van der Waals surface area contributed by atoms with Gasteiger partial charge in [0, 0.05) is 6.04 Å². The highest BCUT2D eigenvalue weighted by Gasteiger charge is 2.46. The molecule has 5 N–H and O–H groups in total. The molecule has 19 heavy (non-hydrogen) atoms. The number of carboxylic acid groups (broad SMARTS) is 1. The predicted octanol–water partition coefficient (Wildman–Crippen LogP) is 0.0713. The Kier molecular flexibility index (Phi) is 5.31. The van der Waals surface area contributed by atoms with Gasteiger partial charge in [0.15, 0.2) is 0 Å². The standard InChI is InChI=1S/C13H25N3O3/c1-8(2)16-13(12(18)19)5-4-9(7-13)6-10(15-3)11(14)17/h8-10,15-16H,4-7H2,1-3H3,(H2,14,17)(H,18,19). The molecule has 3 unspecified atom stereocenters. The topological polar surface area (TPSA) is 104 Å². The van der Waals surface area contributed by atoms with Crippen LogP contribution >= 0.6 is 0 Å². The first kappa shape index (κ1) is 15.9. The SMILES string of the molecule is CNC(CC1CCC(NC(C)C)(C(=O)O)C1)C(N)=O. The van der Waals surface area contributed by atoms with Gasteiger partial charge in [-0.25, -0.2) is 0 Å². The zero-order chi connectivity index (χ0) is 14.6. The van der Waals surface area contributed by atoms with E-state index in [0.717, 1.165) is 6.42 Å². The smallest absolute Gasteiger partial charge is 0.323 e. The molecule has 0 saturated heterocycles. The second-order valence-electron chi connectivity index (χ2n) is 5.77. The van der Waals surface area contributed by atoms with Crippen LogP contribution in [0.4, 0.5) is 0 Å².